The van der Waals surface area contributed by atoms with Crippen molar-refractivity contribution < 1.29 is 18.6 Å². The van der Waals surface area contributed by atoms with Crippen molar-refractivity contribution >= 4 is 0 Å². The summed E-state index contributed by atoms with van der Waals surface area (Å²) < 4.78 is 32.2. The first-order valence-electron chi connectivity index (χ1n) is 4.24. The predicted molar refractivity (Wildman–Crippen MR) is 35.9 cm³/mol. The normalized spacial score (nSPS) is 51.8. The Labute approximate surface area is 68.5 Å². The topological polar surface area (TPSA) is 29.5 Å². The molecule has 1 saturated heterocycles. The van der Waals surface area contributed by atoms with E-state index in [1.54, 1.807) is 0 Å². The van der Waals surface area contributed by atoms with E-state index in [1.807, 2.05) is 0 Å². The van der Waals surface area contributed by atoms with Crippen molar-refractivity contribution in [3.8, 4) is 0 Å². The zero-order valence-corrected chi connectivity index (χ0v) is 6.52. The molecular weight excluding hydrogens is 166 g/mol. The summed E-state index contributed by atoms with van der Waals surface area (Å²) >= 11 is 0. The summed E-state index contributed by atoms with van der Waals surface area (Å²) in [7, 11) is 0. The largest absolute Gasteiger partial charge is 0.390 e. The number of aliphatic hydroxyl groups excluding tert-OH is 1. The van der Waals surface area contributed by atoms with Crippen molar-refractivity contribution in [2.75, 3.05) is 6.61 Å². The van der Waals surface area contributed by atoms with Gasteiger partial charge in [0, 0.05) is 6.42 Å². The molecule has 2 nitrogen and oxygen atoms in total. The highest BCUT2D eigenvalue weighted by Gasteiger charge is 2.84. The van der Waals surface area contributed by atoms with Gasteiger partial charge in [-0.3, -0.25) is 0 Å². The summed E-state index contributed by atoms with van der Waals surface area (Å²) in [5.41, 5.74) is -2.38. The van der Waals surface area contributed by atoms with Crippen LogP contribution in [-0.2, 0) is 4.74 Å². The van der Waals surface area contributed by atoms with Gasteiger partial charge in [-0.25, -0.2) is 8.78 Å². The Morgan fingerprint density at radius 3 is 2.17 bits per heavy atom. The Bertz CT molecular complexity index is 249. The van der Waals surface area contributed by atoms with Crippen molar-refractivity contribution in [1.29, 1.82) is 0 Å². The van der Waals surface area contributed by atoms with E-state index in [0.717, 1.165) is 0 Å². The fourth-order valence-corrected chi connectivity index (χ4v) is 2.23. The highest BCUT2D eigenvalue weighted by atomic mass is 19.3. The minimum Gasteiger partial charge on any atom is -0.390 e. The van der Waals surface area contributed by atoms with Gasteiger partial charge in [0.25, 0.3) is 5.92 Å². The minimum atomic E-state index is -2.79. The van der Waals surface area contributed by atoms with Gasteiger partial charge in [-0.1, -0.05) is 0 Å². The van der Waals surface area contributed by atoms with Gasteiger partial charge in [0.05, 0.1) is 18.1 Å². The SMILES string of the molecule is OC1CC12OCC1(CC1)C2(F)F. The molecule has 3 fully saturated rings. The van der Waals surface area contributed by atoms with Crippen molar-refractivity contribution in [3.63, 3.8) is 0 Å². The Morgan fingerprint density at radius 1 is 1.33 bits per heavy atom. The zero-order chi connectivity index (χ0) is 8.61. The number of ether oxygens (including phenoxy) is 1. The van der Waals surface area contributed by atoms with Crippen LogP contribution in [0.2, 0.25) is 0 Å². The first-order valence-corrected chi connectivity index (χ1v) is 4.24. The predicted octanol–water partition coefficient (Wildman–Crippen LogP) is 0.935. The van der Waals surface area contributed by atoms with Gasteiger partial charge in [-0.2, -0.15) is 0 Å². The second-order valence-corrected chi connectivity index (χ2v) is 4.25. The molecule has 2 saturated carbocycles. The third kappa shape index (κ3) is 0.501. The molecule has 0 aromatic rings. The molecule has 3 rings (SSSR count). The molecule has 68 valence electrons. The monoisotopic (exact) mass is 176 g/mol. The van der Waals surface area contributed by atoms with Crippen LogP contribution in [0.25, 0.3) is 0 Å². The molecule has 0 bridgehead atoms. The molecule has 1 aliphatic heterocycles. The summed E-state index contributed by atoms with van der Waals surface area (Å²) in [5, 5.41) is 9.11. The van der Waals surface area contributed by atoms with Gasteiger partial charge < -0.3 is 9.84 Å². The van der Waals surface area contributed by atoms with E-state index in [1.165, 1.54) is 0 Å². The average Bonchev–Trinajstić information content (AvgIpc) is 2.79. The number of aliphatic hydroxyl groups is 1. The maximum absolute atomic E-state index is 13.6. The van der Waals surface area contributed by atoms with Crippen LogP contribution in [0, 0.1) is 5.41 Å². The minimum absolute atomic E-state index is 0.113. The number of hydrogen-bond donors (Lipinski definition) is 1. The van der Waals surface area contributed by atoms with E-state index < -0.39 is 23.0 Å². The summed E-state index contributed by atoms with van der Waals surface area (Å²) in [5.74, 6) is -2.79. The maximum atomic E-state index is 13.6. The molecule has 0 aromatic carbocycles. The van der Waals surface area contributed by atoms with Gasteiger partial charge in [-0.15, -0.1) is 0 Å². The van der Waals surface area contributed by atoms with Crippen LogP contribution >= 0.6 is 0 Å². The number of rotatable bonds is 0. The summed E-state index contributed by atoms with van der Waals surface area (Å²) in [6.07, 6.45) is 0.275. The Kier molecular flexibility index (Phi) is 0.932. The molecule has 2 spiro atoms. The van der Waals surface area contributed by atoms with Gasteiger partial charge >= 0.3 is 0 Å². The highest BCUT2D eigenvalue weighted by molar-refractivity contribution is 5.27. The van der Waals surface area contributed by atoms with Crippen LogP contribution in [-0.4, -0.2) is 29.3 Å². The summed E-state index contributed by atoms with van der Waals surface area (Å²) in [4.78, 5) is 0. The van der Waals surface area contributed by atoms with E-state index in [2.05, 4.69) is 0 Å². The molecule has 0 aromatic heterocycles. The molecule has 0 amide bonds. The van der Waals surface area contributed by atoms with E-state index >= 15 is 0 Å². The highest BCUT2D eigenvalue weighted by Crippen LogP contribution is 2.71. The molecule has 3 aliphatic rings. The smallest absolute Gasteiger partial charge is 0.286 e. The van der Waals surface area contributed by atoms with E-state index in [4.69, 9.17) is 9.84 Å². The van der Waals surface area contributed by atoms with Crippen LogP contribution < -0.4 is 0 Å². The van der Waals surface area contributed by atoms with E-state index in [9.17, 15) is 8.78 Å². The average molecular weight is 176 g/mol. The molecule has 0 radical (unpaired) electrons. The molecule has 2 unspecified atom stereocenters. The van der Waals surface area contributed by atoms with Crippen molar-refractivity contribution in [1.82, 2.24) is 0 Å². The summed E-state index contributed by atoms with van der Waals surface area (Å²) in [6.45, 7) is 0.136. The third-order valence-electron chi connectivity index (χ3n) is 3.53. The molecular formula is C8H10F2O2. The van der Waals surface area contributed by atoms with Crippen LogP contribution in [0.4, 0.5) is 8.78 Å². The Morgan fingerprint density at radius 2 is 1.92 bits per heavy atom. The molecule has 2 aliphatic carbocycles. The molecule has 12 heavy (non-hydrogen) atoms. The van der Waals surface area contributed by atoms with Crippen LogP contribution in [0.1, 0.15) is 19.3 Å². The first-order chi connectivity index (χ1) is 5.54. The van der Waals surface area contributed by atoms with E-state index in [0.29, 0.717) is 12.8 Å². The lowest BCUT2D eigenvalue weighted by molar-refractivity contribution is -0.124. The first kappa shape index (κ1) is 7.21. The summed E-state index contributed by atoms with van der Waals surface area (Å²) in [6, 6.07) is 0. The lowest BCUT2D eigenvalue weighted by atomic mass is 9.96. The fourth-order valence-electron chi connectivity index (χ4n) is 2.23. The van der Waals surface area contributed by atoms with Gasteiger partial charge in [0.2, 0.25) is 0 Å². The second-order valence-electron chi connectivity index (χ2n) is 4.25. The fraction of sp³-hybridized carbons (Fsp3) is 1.00. The standard InChI is InChI=1S/C8H10F2O2/c9-8(10)6(1-2-6)4-12-7(8)3-5(7)11/h5,11H,1-4H2. The second kappa shape index (κ2) is 1.55. The van der Waals surface area contributed by atoms with Crippen LogP contribution in [0.5, 0.6) is 0 Å². The Balaban J connectivity index is 2.01. The molecule has 4 heteroatoms. The van der Waals surface area contributed by atoms with Gasteiger partial charge in [-0.05, 0) is 12.8 Å². The molecule has 2 atom stereocenters. The Hall–Kier alpha value is -0.220. The number of halogens is 2. The lowest BCUT2D eigenvalue weighted by Crippen LogP contribution is -2.40. The third-order valence-corrected chi connectivity index (χ3v) is 3.53. The lowest BCUT2D eigenvalue weighted by Gasteiger charge is -2.21. The number of alkyl halides is 2. The number of hydrogen-bond acceptors (Lipinski definition) is 2. The maximum Gasteiger partial charge on any atom is 0.286 e. The molecule has 1 N–H and O–H groups in total. The van der Waals surface area contributed by atoms with Crippen molar-refractivity contribution in [3.05, 3.63) is 0 Å². The van der Waals surface area contributed by atoms with Crippen molar-refractivity contribution in [2.45, 2.75) is 36.9 Å². The zero-order valence-electron chi connectivity index (χ0n) is 6.52. The van der Waals surface area contributed by atoms with Gasteiger partial charge in [0.15, 0.2) is 5.60 Å². The van der Waals surface area contributed by atoms with E-state index in [-0.39, 0.29) is 13.0 Å². The molecule has 1 heterocycles. The quantitative estimate of drug-likeness (QED) is 0.595. The van der Waals surface area contributed by atoms with Gasteiger partial charge in [0.1, 0.15) is 0 Å². The van der Waals surface area contributed by atoms with Crippen LogP contribution in [0.15, 0.2) is 0 Å². The van der Waals surface area contributed by atoms with Crippen molar-refractivity contribution in [2.24, 2.45) is 5.41 Å². The van der Waals surface area contributed by atoms with Crippen LogP contribution in [0.3, 0.4) is 0 Å².